The van der Waals surface area contributed by atoms with E-state index in [9.17, 15) is 14.9 Å². The number of hydrogen-bond donors (Lipinski definition) is 5. The Morgan fingerprint density at radius 3 is 2.48 bits per heavy atom. The Labute approximate surface area is 153 Å². The second-order valence-corrected chi connectivity index (χ2v) is 5.86. The summed E-state index contributed by atoms with van der Waals surface area (Å²) in [6.07, 6.45) is 0.950. The predicted octanol–water partition coefficient (Wildman–Crippen LogP) is 0.395. The number of nitrogens with zero attached hydrogens (tertiary/aromatic N) is 2. The molecule has 1 aromatic rings. The van der Waals surface area contributed by atoms with Gasteiger partial charge >= 0.3 is 0 Å². The number of nitrogen functional groups attached to an aromatic ring is 1. The number of guanidine groups is 1. The van der Waals surface area contributed by atoms with Gasteiger partial charge in [0.2, 0.25) is 5.91 Å². The first-order valence-electron chi connectivity index (χ1n) is 7.20. The number of nitro groups is 1. The van der Waals surface area contributed by atoms with Crippen molar-refractivity contribution in [3.05, 3.63) is 37.9 Å². The van der Waals surface area contributed by atoms with Crippen LogP contribution in [0.15, 0.2) is 17.2 Å². The fourth-order valence-electron chi connectivity index (χ4n) is 1.95. The number of nitrogens with two attached hydrogens (primary N) is 3. The number of amides is 1. The molecule has 0 aromatic heterocycles. The highest BCUT2D eigenvalue weighted by Gasteiger charge is 2.19. The van der Waals surface area contributed by atoms with Crippen molar-refractivity contribution in [3.63, 3.8) is 0 Å². The van der Waals surface area contributed by atoms with E-state index in [1.807, 2.05) is 0 Å². The fraction of sp³-hybridized carbons (Fsp3) is 0.385. The highest BCUT2D eigenvalue weighted by Crippen LogP contribution is 2.28. The van der Waals surface area contributed by atoms with Gasteiger partial charge in [-0.2, -0.15) is 0 Å². The third-order valence-corrected chi connectivity index (χ3v) is 3.77. The average molecular weight is 392 g/mol. The number of carbonyl (C=O) groups is 1. The van der Waals surface area contributed by atoms with Gasteiger partial charge in [0.1, 0.15) is 5.10 Å². The summed E-state index contributed by atoms with van der Waals surface area (Å²) in [6.45, 7) is 0.637. The maximum atomic E-state index is 12.2. The fourth-order valence-corrected chi connectivity index (χ4v) is 2.49. The number of rotatable bonds is 8. The lowest BCUT2D eigenvalue weighted by Gasteiger charge is -2.18. The Bertz CT molecular complexity index is 646. The number of benzene rings is 1. The third kappa shape index (κ3) is 7.10. The van der Waals surface area contributed by atoms with E-state index in [1.54, 1.807) is 12.1 Å². The van der Waals surface area contributed by atoms with Crippen molar-refractivity contribution in [1.82, 2.24) is 10.6 Å². The number of hydrazone groups is 1. The SMILES string of the molecule is NCCCC(NCc1cc(Cl)c(N)c(Cl)c1)C(=O)N/C(N)=N\[N+](=O)[O-]. The summed E-state index contributed by atoms with van der Waals surface area (Å²) in [5.41, 5.74) is 17.4. The van der Waals surface area contributed by atoms with Crippen LogP contribution in [0.4, 0.5) is 5.69 Å². The molecule has 1 amide bonds. The first kappa shape index (κ1) is 20.9. The van der Waals surface area contributed by atoms with Gasteiger partial charge in [-0.1, -0.05) is 23.2 Å². The van der Waals surface area contributed by atoms with Crippen molar-refractivity contribution in [2.75, 3.05) is 12.3 Å². The van der Waals surface area contributed by atoms with Crippen LogP contribution < -0.4 is 27.8 Å². The molecule has 1 rings (SSSR count). The van der Waals surface area contributed by atoms with Gasteiger partial charge < -0.3 is 22.5 Å². The van der Waals surface area contributed by atoms with Crippen LogP contribution in [0, 0.1) is 10.1 Å². The van der Waals surface area contributed by atoms with Crippen LogP contribution in [0.3, 0.4) is 0 Å². The van der Waals surface area contributed by atoms with Crippen LogP contribution in [0.5, 0.6) is 0 Å². The van der Waals surface area contributed by atoms with Crippen molar-refractivity contribution in [1.29, 1.82) is 0 Å². The van der Waals surface area contributed by atoms with E-state index in [-0.39, 0.29) is 12.2 Å². The lowest BCUT2D eigenvalue weighted by atomic mass is 10.1. The summed E-state index contributed by atoms with van der Waals surface area (Å²) in [6, 6.07) is 2.55. The zero-order valence-electron chi connectivity index (χ0n) is 13.2. The molecule has 25 heavy (non-hydrogen) atoms. The zero-order chi connectivity index (χ0) is 19.0. The summed E-state index contributed by atoms with van der Waals surface area (Å²) in [5.74, 6) is -1.17. The van der Waals surface area contributed by atoms with Crippen molar-refractivity contribution in [3.8, 4) is 0 Å². The van der Waals surface area contributed by atoms with E-state index in [2.05, 4.69) is 15.7 Å². The van der Waals surface area contributed by atoms with Crippen molar-refractivity contribution in [2.24, 2.45) is 16.6 Å². The number of anilines is 1. The zero-order valence-corrected chi connectivity index (χ0v) is 14.7. The molecule has 0 aliphatic rings. The molecule has 0 aliphatic heterocycles. The van der Waals surface area contributed by atoms with Crippen LogP contribution >= 0.6 is 23.2 Å². The lowest BCUT2D eigenvalue weighted by Crippen LogP contribution is -2.48. The highest BCUT2D eigenvalue weighted by molar-refractivity contribution is 6.38. The molecule has 0 saturated carbocycles. The molecule has 0 bridgehead atoms. The van der Waals surface area contributed by atoms with E-state index in [1.165, 1.54) is 0 Å². The minimum Gasteiger partial charge on any atom is -0.396 e. The first-order chi connectivity index (χ1) is 11.7. The van der Waals surface area contributed by atoms with Crippen molar-refractivity contribution >= 4 is 40.8 Å². The average Bonchev–Trinajstić information content (AvgIpc) is 2.51. The molecule has 0 heterocycles. The third-order valence-electron chi connectivity index (χ3n) is 3.15. The molecule has 12 heteroatoms. The van der Waals surface area contributed by atoms with Gasteiger partial charge in [0.25, 0.3) is 5.96 Å². The topological polar surface area (TPSA) is 175 Å². The van der Waals surface area contributed by atoms with E-state index in [0.29, 0.717) is 35.0 Å². The summed E-state index contributed by atoms with van der Waals surface area (Å²) in [5, 5.41) is 17.8. The molecule has 0 spiro atoms. The first-order valence-corrected chi connectivity index (χ1v) is 7.96. The Morgan fingerprint density at radius 1 is 1.36 bits per heavy atom. The normalized spacial score (nSPS) is 12.7. The second-order valence-electron chi connectivity index (χ2n) is 5.05. The molecule has 0 fully saturated rings. The molecule has 1 unspecified atom stereocenters. The quantitative estimate of drug-likeness (QED) is 0.140. The van der Waals surface area contributed by atoms with E-state index < -0.39 is 22.9 Å². The molecule has 1 atom stereocenters. The molecule has 0 saturated heterocycles. The highest BCUT2D eigenvalue weighted by atomic mass is 35.5. The largest absolute Gasteiger partial charge is 0.396 e. The standard InChI is InChI=1S/C13H19Cl2N7O3/c14-8-4-7(5-9(15)11(8)17)6-19-10(2-1-3-16)12(23)20-13(18)21-22(24)25/h4-5,10,19H,1-3,6,16-17H2,(H3,18,20,21,23). The van der Waals surface area contributed by atoms with Crippen LogP contribution in [-0.4, -0.2) is 29.5 Å². The number of carbonyl (C=O) groups excluding carboxylic acids is 1. The summed E-state index contributed by atoms with van der Waals surface area (Å²) in [4.78, 5) is 22.4. The van der Waals surface area contributed by atoms with Crippen molar-refractivity contribution in [2.45, 2.75) is 25.4 Å². The van der Waals surface area contributed by atoms with Gasteiger partial charge in [-0.05, 0) is 37.1 Å². The Balaban J connectivity index is 2.78. The Kier molecular flexibility index (Phi) is 8.35. The maximum absolute atomic E-state index is 12.2. The van der Waals surface area contributed by atoms with Crippen LogP contribution in [-0.2, 0) is 11.3 Å². The molecule has 0 radical (unpaired) electrons. The van der Waals surface area contributed by atoms with Gasteiger partial charge in [0.05, 0.1) is 21.8 Å². The van der Waals surface area contributed by atoms with Gasteiger partial charge in [-0.15, -0.1) is 0 Å². The van der Waals surface area contributed by atoms with Gasteiger partial charge in [-0.3, -0.25) is 10.1 Å². The maximum Gasteiger partial charge on any atom is 0.272 e. The van der Waals surface area contributed by atoms with Gasteiger partial charge in [0.15, 0.2) is 5.03 Å². The number of halogens is 2. The number of hydrogen-bond acceptors (Lipinski definition) is 6. The summed E-state index contributed by atoms with van der Waals surface area (Å²) in [7, 11) is 0. The molecular weight excluding hydrogens is 373 g/mol. The molecular formula is C13H19Cl2N7O3. The molecule has 8 N–H and O–H groups in total. The Morgan fingerprint density at radius 2 is 1.96 bits per heavy atom. The van der Waals surface area contributed by atoms with E-state index in [4.69, 9.17) is 40.4 Å². The molecule has 1 aromatic carbocycles. The van der Waals surface area contributed by atoms with Gasteiger partial charge in [-0.25, -0.2) is 10.1 Å². The summed E-state index contributed by atoms with van der Waals surface area (Å²) < 4.78 is 0. The molecule has 138 valence electrons. The Hall–Kier alpha value is -2.14. The van der Waals surface area contributed by atoms with Crippen LogP contribution in [0.1, 0.15) is 18.4 Å². The number of nitrogens with one attached hydrogen (secondary N) is 2. The van der Waals surface area contributed by atoms with Crippen LogP contribution in [0.2, 0.25) is 10.0 Å². The molecule has 10 nitrogen and oxygen atoms in total. The minimum absolute atomic E-state index is 0.259. The minimum atomic E-state index is -1.00. The predicted molar refractivity (Wildman–Crippen MR) is 96.6 cm³/mol. The monoisotopic (exact) mass is 391 g/mol. The van der Waals surface area contributed by atoms with Gasteiger partial charge in [0, 0.05) is 6.54 Å². The van der Waals surface area contributed by atoms with E-state index >= 15 is 0 Å². The summed E-state index contributed by atoms with van der Waals surface area (Å²) >= 11 is 11.9. The smallest absolute Gasteiger partial charge is 0.272 e. The van der Waals surface area contributed by atoms with E-state index in [0.717, 1.165) is 0 Å². The lowest BCUT2D eigenvalue weighted by molar-refractivity contribution is -0.485. The second kappa shape index (κ2) is 9.99. The molecule has 0 aliphatic carbocycles. The van der Waals surface area contributed by atoms with Crippen LogP contribution in [0.25, 0.3) is 0 Å². The van der Waals surface area contributed by atoms with Crippen molar-refractivity contribution < 1.29 is 9.83 Å².